The van der Waals surface area contributed by atoms with Gasteiger partial charge < -0.3 is 15.8 Å². The number of amidine groups is 1. The first-order valence-electron chi connectivity index (χ1n) is 10.6. The maximum absolute atomic E-state index is 12.2. The zero-order valence-corrected chi connectivity index (χ0v) is 19.6. The van der Waals surface area contributed by atoms with Crippen molar-refractivity contribution in [1.82, 2.24) is 15.7 Å². The van der Waals surface area contributed by atoms with Crippen molar-refractivity contribution in [3.8, 4) is 5.75 Å². The van der Waals surface area contributed by atoms with Gasteiger partial charge in [-0.25, -0.2) is 9.98 Å². The predicted molar refractivity (Wildman–Crippen MR) is 138 cm³/mol. The second-order valence-electron chi connectivity index (χ2n) is 7.12. The second-order valence-corrected chi connectivity index (χ2v) is 7.53. The van der Waals surface area contributed by atoms with Crippen molar-refractivity contribution >= 4 is 41.4 Å². The lowest BCUT2D eigenvalue weighted by Gasteiger charge is -2.08. The molecule has 0 unspecified atom stereocenters. The van der Waals surface area contributed by atoms with Gasteiger partial charge in [-0.3, -0.25) is 10.4 Å². The van der Waals surface area contributed by atoms with Crippen LogP contribution in [0.3, 0.4) is 0 Å². The second kappa shape index (κ2) is 13.0. The summed E-state index contributed by atoms with van der Waals surface area (Å²) in [6.07, 6.45) is 0.571. The number of aliphatic imine (C=N–C) groups is 2. The summed E-state index contributed by atoms with van der Waals surface area (Å²) in [5.41, 5.74) is 11.6. The molecule has 0 aliphatic rings. The average Bonchev–Trinajstić information content (AvgIpc) is 2.85. The zero-order valence-electron chi connectivity index (χ0n) is 18.8. The smallest absolute Gasteiger partial charge is 0.406 e. The largest absolute Gasteiger partial charge is 0.573 e. The number of nitrogens with two attached hydrogens (primary N) is 1. The van der Waals surface area contributed by atoms with E-state index in [-0.39, 0.29) is 11.6 Å². The van der Waals surface area contributed by atoms with Crippen LogP contribution >= 0.6 is 12.2 Å². The molecular formula is C24H22F3N7OS. The first kappa shape index (κ1) is 26.3. The lowest BCUT2D eigenvalue weighted by molar-refractivity contribution is -0.274. The molecule has 8 nitrogen and oxygen atoms in total. The molecule has 0 amide bonds. The molecule has 0 aliphatic heterocycles. The molecule has 0 saturated heterocycles. The summed E-state index contributed by atoms with van der Waals surface area (Å²) in [5.74, 6) is -0.113. The van der Waals surface area contributed by atoms with Gasteiger partial charge in [0.2, 0.25) is 0 Å². The normalized spacial score (nSPS) is 12.1. The fraction of sp³-hybridized carbons (Fsp3) is 0.125. The number of rotatable bonds is 9. The molecule has 0 bridgehead atoms. The van der Waals surface area contributed by atoms with Gasteiger partial charge in [-0.1, -0.05) is 30.3 Å². The lowest BCUT2D eigenvalue weighted by Crippen LogP contribution is -2.33. The SMILES string of the molecule is NC(=NC=Nc1ccc(OC(F)(F)F)cc1)c1ccc(/C=N/NC(=S)NCCc2ccccn2)cc1. The number of halogens is 3. The van der Waals surface area contributed by atoms with E-state index >= 15 is 0 Å². The number of hydrogen-bond donors (Lipinski definition) is 3. The maximum atomic E-state index is 12.2. The highest BCUT2D eigenvalue weighted by atomic mass is 32.1. The molecule has 12 heteroatoms. The molecular weight excluding hydrogens is 491 g/mol. The Hall–Kier alpha value is -4.32. The Morgan fingerprint density at radius 3 is 2.47 bits per heavy atom. The van der Waals surface area contributed by atoms with Gasteiger partial charge in [-0.2, -0.15) is 5.10 Å². The molecule has 1 aromatic heterocycles. The van der Waals surface area contributed by atoms with Crippen LogP contribution in [0, 0.1) is 0 Å². The van der Waals surface area contributed by atoms with Crippen molar-refractivity contribution in [2.75, 3.05) is 6.54 Å². The molecule has 3 rings (SSSR count). The summed E-state index contributed by atoms with van der Waals surface area (Å²) in [4.78, 5) is 12.3. The Labute approximate surface area is 210 Å². The molecule has 0 atom stereocenters. The van der Waals surface area contributed by atoms with E-state index in [0.717, 1.165) is 29.8 Å². The zero-order chi connectivity index (χ0) is 25.8. The van der Waals surface area contributed by atoms with Crippen LogP contribution in [-0.4, -0.2) is 41.4 Å². The van der Waals surface area contributed by atoms with Crippen LogP contribution in [0.2, 0.25) is 0 Å². The maximum Gasteiger partial charge on any atom is 0.573 e. The molecule has 4 N–H and O–H groups in total. The van der Waals surface area contributed by atoms with Crippen molar-refractivity contribution in [2.24, 2.45) is 20.8 Å². The topological polar surface area (TPSA) is 109 Å². The predicted octanol–water partition coefficient (Wildman–Crippen LogP) is 4.09. The first-order valence-corrected chi connectivity index (χ1v) is 11.0. The number of aromatic nitrogens is 1. The molecule has 0 fully saturated rings. The minimum atomic E-state index is -4.74. The molecule has 0 spiro atoms. The third kappa shape index (κ3) is 9.50. The van der Waals surface area contributed by atoms with Crippen molar-refractivity contribution in [3.05, 3.63) is 89.7 Å². The fourth-order valence-electron chi connectivity index (χ4n) is 2.76. The highest BCUT2D eigenvalue weighted by Gasteiger charge is 2.30. The Morgan fingerprint density at radius 2 is 1.81 bits per heavy atom. The highest BCUT2D eigenvalue weighted by Crippen LogP contribution is 2.24. The molecule has 0 aliphatic carbocycles. The molecule has 0 radical (unpaired) electrons. The number of ether oxygens (including phenoxy) is 1. The van der Waals surface area contributed by atoms with E-state index in [0.29, 0.717) is 22.9 Å². The summed E-state index contributed by atoms with van der Waals surface area (Å²) >= 11 is 5.19. The molecule has 36 heavy (non-hydrogen) atoms. The van der Waals surface area contributed by atoms with Crippen molar-refractivity contribution in [1.29, 1.82) is 0 Å². The van der Waals surface area contributed by atoms with Gasteiger partial charge in [0.05, 0.1) is 11.9 Å². The van der Waals surface area contributed by atoms with Crippen molar-refractivity contribution < 1.29 is 17.9 Å². The van der Waals surface area contributed by atoms with E-state index < -0.39 is 6.36 Å². The van der Waals surface area contributed by atoms with Crippen LogP contribution in [0.15, 0.2) is 88.0 Å². The minimum Gasteiger partial charge on any atom is -0.406 e. The quantitative estimate of drug-likeness (QED) is 0.172. The van der Waals surface area contributed by atoms with Gasteiger partial charge in [-0.05, 0) is 54.2 Å². The van der Waals surface area contributed by atoms with E-state index in [1.165, 1.54) is 18.5 Å². The molecule has 1 heterocycles. The van der Waals surface area contributed by atoms with Crippen LogP contribution in [0.25, 0.3) is 0 Å². The third-order valence-corrected chi connectivity index (χ3v) is 4.69. The van der Waals surface area contributed by atoms with Crippen LogP contribution in [0.5, 0.6) is 5.75 Å². The lowest BCUT2D eigenvalue weighted by atomic mass is 10.1. The van der Waals surface area contributed by atoms with Crippen LogP contribution < -0.4 is 21.2 Å². The van der Waals surface area contributed by atoms with Crippen LogP contribution in [0.4, 0.5) is 18.9 Å². The summed E-state index contributed by atoms with van der Waals surface area (Å²) in [7, 11) is 0. The fourth-order valence-corrected chi connectivity index (χ4v) is 2.92. The monoisotopic (exact) mass is 513 g/mol. The number of nitrogens with one attached hydrogen (secondary N) is 2. The number of pyridine rings is 1. The standard InChI is InChI=1S/C24H22F3N7OS/c25-24(26,27)35-21-10-8-20(9-11-21)31-16-32-22(28)18-6-4-17(5-7-18)15-33-34-23(36)30-14-12-19-3-1-2-13-29-19/h1-11,13,15-16H,12,14H2,(H2,28,31,32)(H2,30,34,36)/b33-15+. The summed E-state index contributed by atoms with van der Waals surface area (Å²) in [5, 5.41) is 7.56. The number of thiocarbonyl (C=S) groups is 1. The van der Waals surface area contributed by atoms with Crippen LogP contribution in [-0.2, 0) is 6.42 Å². The summed E-state index contributed by atoms with van der Waals surface area (Å²) in [6, 6.07) is 17.9. The molecule has 186 valence electrons. The van der Waals surface area contributed by atoms with Crippen LogP contribution in [0.1, 0.15) is 16.8 Å². The Balaban J connectivity index is 1.44. The van der Waals surface area contributed by atoms with Gasteiger partial charge in [-0.15, -0.1) is 13.2 Å². The third-order valence-electron chi connectivity index (χ3n) is 4.45. The van der Waals surface area contributed by atoms with E-state index in [2.05, 4.69) is 35.5 Å². The number of benzene rings is 2. The Morgan fingerprint density at radius 1 is 1.06 bits per heavy atom. The Bertz CT molecular complexity index is 1210. The molecule has 0 saturated carbocycles. The number of nitrogens with zero attached hydrogens (tertiary/aromatic N) is 4. The van der Waals surface area contributed by atoms with Crippen molar-refractivity contribution in [2.45, 2.75) is 12.8 Å². The number of alkyl halides is 3. The van der Waals surface area contributed by atoms with Gasteiger partial charge >= 0.3 is 6.36 Å². The van der Waals surface area contributed by atoms with E-state index in [4.69, 9.17) is 18.0 Å². The summed E-state index contributed by atoms with van der Waals surface area (Å²) < 4.78 is 40.4. The van der Waals surface area contributed by atoms with E-state index in [1.54, 1.807) is 36.7 Å². The molecule has 2 aromatic carbocycles. The number of hydrogen-bond acceptors (Lipinski definition) is 5. The van der Waals surface area contributed by atoms with Gasteiger partial charge in [0.25, 0.3) is 0 Å². The van der Waals surface area contributed by atoms with E-state index in [1.807, 2.05) is 18.2 Å². The van der Waals surface area contributed by atoms with Gasteiger partial charge in [0.15, 0.2) is 5.11 Å². The highest BCUT2D eigenvalue weighted by molar-refractivity contribution is 7.80. The van der Waals surface area contributed by atoms with E-state index in [9.17, 15) is 13.2 Å². The minimum absolute atomic E-state index is 0.218. The molecule has 3 aromatic rings. The average molecular weight is 514 g/mol. The van der Waals surface area contributed by atoms with Gasteiger partial charge in [0, 0.05) is 30.4 Å². The van der Waals surface area contributed by atoms with Gasteiger partial charge in [0.1, 0.15) is 17.9 Å². The Kier molecular flexibility index (Phi) is 9.46. The first-order chi connectivity index (χ1) is 17.3. The number of hydrazone groups is 1. The summed E-state index contributed by atoms with van der Waals surface area (Å²) in [6.45, 7) is 0.632. The van der Waals surface area contributed by atoms with Crippen molar-refractivity contribution in [3.63, 3.8) is 0 Å².